The highest BCUT2D eigenvalue weighted by Crippen LogP contribution is 2.16. The number of hydrazone groups is 1. The number of hydrogen-bond acceptors (Lipinski definition) is 4. The van der Waals surface area contributed by atoms with Gasteiger partial charge in [0.1, 0.15) is 12.4 Å². The number of amides is 2. The number of anilines is 1. The Morgan fingerprint density at radius 3 is 2.54 bits per heavy atom. The molecule has 2 aromatic carbocycles. The number of rotatable bonds is 8. The molecule has 6 nitrogen and oxygen atoms in total. The third-order valence-corrected chi connectivity index (χ3v) is 3.85. The molecule has 2 aromatic rings. The minimum Gasteiger partial charge on any atom is -0.481 e. The van der Waals surface area contributed by atoms with Crippen molar-refractivity contribution in [3.63, 3.8) is 0 Å². The molecule has 0 aliphatic carbocycles. The topological polar surface area (TPSA) is 79.8 Å². The molecular weight excluding hydrogens is 354 g/mol. The normalized spacial score (nSPS) is 10.3. The zero-order valence-corrected chi connectivity index (χ0v) is 16.0. The lowest BCUT2D eigenvalue weighted by molar-refractivity contribution is -0.124. The molecule has 0 radical (unpaired) electrons. The van der Waals surface area contributed by atoms with Gasteiger partial charge in [-0.3, -0.25) is 9.59 Å². The molecule has 0 spiro atoms. The van der Waals surface area contributed by atoms with Crippen molar-refractivity contribution in [1.82, 2.24) is 5.43 Å². The summed E-state index contributed by atoms with van der Waals surface area (Å²) in [6, 6.07) is 12.9. The molecule has 0 fully saturated rings. The number of aryl methyl sites for hydroxylation is 2. The van der Waals surface area contributed by atoms with Crippen LogP contribution in [0.2, 0.25) is 0 Å². The maximum atomic E-state index is 12.0. The molecular formula is C22H23N3O3. The fourth-order valence-electron chi connectivity index (χ4n) is 2.32. The minimum atomic E-state index is -0.332. The molecule has 0 bridgehead atoms. The molecule has 0 heterocycles. The van der Waals surface area contributed by atoms with Gasteiger partial charge < -0.3 is 10.1 Å². The summed E-state index contributed by atoms with van der Waals surface area (Å²) in [7, 11) is 0. The van der Waals surface area contributed by atoms with E-state index in [1.165, 1.54) is 6.21 Å². The van der Waals surface area contributed by atoms with Gasteiger partial charge in [0.05, 0.1) is 6.21 Å². The van der Waals surface area contributed by atoms with Crippen molar-refractivity contribution in [2.75, 3.05) is 11.9 Å². The van der Waals surface area contributed by atoms with Gasteiger partial charge in [-0.05, 0) is 60.9 Å². The van der Waals surface area contributed by atoms with Gasteiger partial charge >= 0.3 is 0 Å². The Labute approximate surface area is 165 Å². The zero-order chi connectivity index (χ0) is 20.4. The maximum Gasteiger partial charge on any atom is 0.240 e. The standard InChI is InChI=1S/C22H23N3O3/c1-4-13-28-19-9-7-18(8-10-19)15-23-25-22(27)12-11-21(26)24-20-14-16(2)5-6-17(20)3/h1,5-10,14-15H,11-13H2,2-3H3,(H,24,26)(H,25,27). The highest BCUT2D eigenvalue weighted by atomic mass is 16.5. The van der Waals surface area contributed by atoms with E-state index >= 15 is 0 Å². The number of ether oxygens (including phenoxy) is 1. The van der Waals surface area contributed by atoms with Crippen LogP contribution < -0.4 is 15.5 Å². The Morgan fingerprint density at radius 2 is 1.82 bits per heavy atom. The third kappa shape index (κ3) is 6.96. The molecule has 2 rings (SSSR count). The highest BCUT2D eigenvalue weighted by Gasteiger charge is 2.08. The SMILES string of the molecule is C#CCOc1ccc(C=NNC(=O)CCC(=O)Nc2cc(C)ccc2C)cc1. The van der Waals surface area contributed by atoms with Crippen LogP contribution in [0.25, 0.3) is 0 Å². The Morgan fingerprint density at radius 1 is 1.11 bits per heavy atom. The lowest BCUT2D eigenvalue weighted by Crippen LogP contribution is -2.20. The monoisotopic (exact) mass is 377 g/mol. The van der Waals surface area contributed by atoms with Crippen molar-refractivity contribution >= 4 is 23.7 Å². The van der Waals surface area contributed by atoms with Gasteiger partial charge in [0.2, 0.25) is 11.8 Å². The van der Waals surface area contributed by atoms with E-state index in [4.69, 9.17) is 11.2 Å². The number of carbonyl (C=O) groups excluding carboxylic acids is 2. The fourth-order valence-corrected chi connectivity index (χ4v) is 2.32. The summed E-state index contributed by atoms with van der Waals surface area (Å²) < 4.78 is 5.28. The lowest BCUT2D eigenvalue weighted by atomic mass is 10.1. The maximum absolute atomic E-state index is 12.0. The van der Waals surface area contributed by atoms with Crippen LogP contribution in [0.1, 0.15) is 29.5 Å². The second-order valence-electron chi connectivity index (χ2n) is 6.22. The van der Waals surface area contributed by atoms with E-state index in [1.54, 1.807) is 24.3 Å². The summed E-state index contributed by atoms with van der Waals surface area (Å²) >= 11 is 0. The van der Waals surface area contributed by atoms with Gasteiger partial charge in [-0.2, -0.15) is 5.10 Å². The summed E-state index contributed by atoms with van der Waals surface area (Å²) in [5.74, 6) is 2.51. The summed E-state index contributed by atoms with van der Waals surface area (Å²) in [6.07, 6.45) is 6.77. The van der Waals surface area contributed by atoms with Crippen LogP contribution in [0.15, 0.2) is 47.6 Å². The second-order valence-corrected chi connectivity index (χ2v) is 6.22. The summed E-state index contributed by atoms with van der Waals surface area (Å²) in [5.41, 5.74) is 6.00. The lowest BCUT2D eigenvalue weighted by Gasteiger charge is -2.09. The first-order valence-electron chi connectivity index (χ1n) is 8.83. The smallest absolute Gasteiger partial charge is 0.240 e. The van der Waals surface area contributed by atoms with E-state index in [-0.39, 0.29) is 31.3 Å². The number of carbonyl (C=O) groups is 2. The Bertz CT molecular complexity index is 896. The van der Waals surface area contributed by atoms with Gasteiger partial charge in [0.15, 0.2) is 0 Å². The van der Waals surface area contributed by atoms with Crippen molar-refractivity contribution < 1.29 is 14.3 Å². The second kappa shape index (κ2) is 10.5. The van der Waals surface area contributed by atoms with Gasteiger partial charge in [-0.15, -0.1) is 6.42 Å². The third-order valence-electron chi connectivity index (χ3n) is 3.85. The molecule has 0 aliphatic heterocycles. The van der Waals surface area contributed by atoms with Gasteiger partial charge in [0, 0.05) is 18.5 Å². The predicted molar refractivity (Wildman–Crippen MR) is 110 cm³/mol. The van der Waals surface area contributed by atoms with Crippen molar-refractivity contribution in [3.05, 3.63) is 59.2 Å². The van der Waals surface area contributed by atoms with Gasteiger partial charge in [-0.25, -0.2) is 5.43 Å². The molecule has 2 amide bonds. The molecule has 0 saturated heterocycles. The zero-order valence-electron chi connectivity index (χ0n) is 16.0. The molecule has 2 N–H and O–H groups in total. The fraction of sp³-hybridized carbons (Fsp3) is 0.227. The number of nitrogens with zero attached hydrogens (tertiary/aromatic N) is 1. The van der Waals surface area contributed by atoms with Crippen LogP contribution in [-0.2, 0) is 9.59 Å². The van der Waals surface area contributed by atoms with Crippen LogP contribution in [-0.4, -0.2) is 24.6 Å². The van der Waals surface area contributed by atoms with E-state index < -0.39 is 0 Å². The van der Waals surface area contributed by atoms with Gasteiger partial charge in [-0.1, -0.05) is 18.1 Å². The van der Waals surface area contributed by atoms with Crippen molar-refractivity contribution in [3.8, 4) is 18.1 Å². The van der Waals surface area contributed by atoms with Crippen LogP contribution in [0.4, 0.5) is 5.69 Å². The van der Waals surface area contributed by atoms with E-state index in [2.05, 4.69) is 21.8 Å². The number of nitrogens with one attached hydrogen (secondary N) is 2. The summed E-state index contributed by atoms with van der Waals surface area (Å²) in [4.78, 5) is 23.9. The Balaban J connectivity index is 1.74. The first-order valence-corrected chi connectivity index (χ1v) is 8.83. The molecule has 6 heteroatoms. The summed E-state index contributed by atoms with van der Waals surface area (Å²) in [6.45, 7) is 4.09. The Kier molecular flexibility index (Phi) is 7.79. The predicted octanol–water partition coefficient (Wildman–Crippen LogP) is 3.18. The number of benzene rings is 2. The van der Waals surface area contributed by atoms with Crippen LogP contribution >= 0.6 is 0 Å². The molecule has 144 valence electrons. The quantitative estimate of drug-likeness (QED) is 0.421. The number of terminal acetylenes is 1. The highest BCUT2D eigenvalue weighted by molar-refractivity contribution is 5.94. The van der Waals surface area contributed by atoms with E-state index in [0.717, 1.165) is 22.4 Å². The molecule has 0 saturated carbocycles. The minimum absolute atomic E-state index is 0.0485. The van der Waals surface area contributed by atoms with Crippen LogP contribution in [0.3, 0.4) is 0 Å². The van der Waals surface area contributed by atoms with E-state index in [9.17, 15) is 9.59 Å². The molecule has 28 heavy (non-hydrogen) atoms. The van der Waals surface area contributed by atoms with Crippen LogP contribution in [0, 0.1) is 26.2 Å². The number of hydrogen-bond donors (Lipinski definition) is 2. The van der Waals surface area contributed by atoms with Crippen molar-refractivity contribution in [1.29, 1.82) is 0 Å². The van der Waals surface area contributed by atoms with E-state index in [1.807, 2.05) is 32.0 Å². The molecule has 0 atom stereocenters. The Hall–Kier alpha value is -3.59. The van der Waals surface area contributed by atoms with E-state index in [0.29, 0.717) is 5.75 Å². The summed E-state index contributed by atoms with van der Waals surface area (Å²) in [5, 5.41) is 6.72. The largest absolute Gasteiger partial charge is 0.481 e. The average Bonchev–Trinajstić information content (AvgIpc) is 2.68. The van der Waals surface area contributed by atoms with Crippen molar-refractivity contribution in [2.24, 2.45) is 5.10 Å². The molecule has 0 unspecified atom stereocenters. The first kappa shape index (κ1) is 20.7. The molecule has 0 aliphatic rings. The first-order chi connectivity index (χ1) is 13.5. The average molecular weight is 377 g/mol. The van der Waals surface area contributed by atoms with Crippen molar-refractivity contribution in [2.45, 2.75) is 26.7 Å². The molecule has 0 aromatic heterocycles. The van der Waals surface area contributed by atoms with Crippen LogP contribution in [0.5, 0.6) is 5.75 Å². The van der Waals surface area contributed by atoms with Gasteiger partial charge in [0.25, 0.3) is 0 Å².